The molecule has 0 aliphatic heterocycles. The quantitative estimate of drug-likeness (QED) is 0.575. The zero-order valence-electron chi connectivity index (χ0n) is 14.2. The zero-order chi connectivity index (χ0) is 17.9. The first-order valence-corrected chi connectivity index (χ1v) is 8.72. The minimum Gasteiger partial charge on any atom is -0.267 e. The van der Waals surface area contributed by atoms with Crippen molar-refractivity contribution in [3.8, 4) is 0 Å². The second kappa shape index (κ2) is 7.04. The number of rotatable bonds is 3. The second-order valence-corrected chi connectivity index (χ2v) is 6.36. The SMILES string of the molecule is O=C(NN=Cc1ccccc1F)c1c2c(nc3ccccc13)CCCC2. The molecule has 0 saturated carbocycles. The van der Waals surface area contributed by atoms with Crippen LogP contribution in [-0.4, -0.2) is 17.1 Å². The molecule has 1 aliphatic carbocycles. The van der Waals surface area contributed by atoms with E-state index in [9.17, 15) is 9.18 Å². The summed E-state index contributed by atoms with van der Waals surface area (Å²) in [6.45, 7) is 0. The lowest BCUT2D eigenvalue weighted by molar-refractivity contribution is 0.0955. The number of hydrogen-bond donors (Lipinski definition) is 1. The monoisotopic (exact) mass is 347 g/mol. The minimum atomic E-state index is -0.378. The molecule has 0 radical (unpaired) electrons. The number of para-hydroxylation sites is 1. The molecular weight excluding hydrogens is 329 g/mol. The van der Waals surface area contributed by atoms with Gasteiger partial charge in [-0.2, -0.15) is 5.10 Å². The van der Waals surface area contributed by atoms with Crippen LogP contribution in [0.15, 0.2) is 53.6 Å². The van der Waals surface area contributed by atoms with Crippen LogP contribution >= 0.6 is 0 Å². The van der Waals surface area contributed by atoms with E-state index in [1.54, 1.807) is 18.2 Å². The van der Waals surface area contributed by atoms with Crippen LogP contribution in [0.5, 0.6) is 0 Å². The third-order valence-corrected chi connectivity index (χ3v) is 4.67. The van der Waals surface area contributed by atoms with Gasteiger partial charge in [0.25, 0.3) is 5.91 Å². The van der Waals surface area contributed by atoms with Crippen LogP contribution in [0.3, 0.4) is 0 Å². The van der Waals surface area contributed by atoms with Crippen molar-refractivity contribution in [3.05, 3.63) is 76.7 Å². The fourth-order valence-electron chi connectivity index (χ4n) is 3.43. The lowest BCUT2D eigenvalue weighted by atomic mass is 9.89. The topological polar surface area (TPSA) is 54.4 Å². The van der Waals surface area contributed by atoms with Crippen LogP contribution in [0.1, 0.15) is 40.0 Å². The van der Waals surface area contributed by atoms with Gasteiger partial charge < -0.3 is 0 Å². The summed E-state index contributed by atoms with van der Waals surface area (Å²) in [7, 11) is 0. The number of nitrogens with zero attached hydrogens (tertiary/aromatic N) is 2. The van der Waals surface area contributed by atoms with Crippen LogP contribution in [-0.2, 0) is 12.8 Å². The van der Waals surface area contributed by atoms with Crippen molar-refractivity contribution in [3.63, 3.8) is 0 Å². The molecule has 0 saturated heterocycles. The third kappa shape index (κ3) is 3.08. The summed E-state index contributed by atoms with van der Waals surface area (Å²) < 4.78 is 13.7. The van der Waals surface area contributed by atoms with E-state index >= 15 is 0 Å². The molecule has 0 atom stereocenters. The van der Waals surface area contributed by atoms with Crippen molar-refractivity contribution in [2.75, 3.05) is 0 Å². The van der Waals surface area contributed by atoms with E-state index in [0.29, 0.717) is 11.1 Å². The van der Waals surface area contributed by atoms with Crippen molar-refractivity contribution in [1.29, 1.82) is 0 Å². The Balaban J connectivity index is 1.69. The van der Waals surface area contributed by atoms with E-state index in [2.05, 4.69) is 10.5 Å². The molecule has 5 heteroatoms. The highest BCUT2D eigenvalue weighted by atomic mass is 19.1. The lowest BCUT2D eigenvalue weighted by Crippen LogP contribution is -2.22. The van der Waals surface area contributed by atoms with Gasteiger partial charge in [-0.25, -0.2) is 9.82 Å². The largest absolute Gasteiger partial charge is 0.272 e. The molecule has 2 aromatic carbocycles. The number of carbonyl (C=O) groups excluding carboxylic acids is 1. The Morgan fingerprint density at radius 1 is 1.08 bits per heavy atom. The fraction of sp³-hybridized carbons (Fsp3) is 0.190. The van der Waals surface area contributed by atoms with Gasteiger partial charge in [0.05, 0.1) is 17.3 Å². The molecule has 1 aliphatic rings. The maximum atomic E-state index is 13.7. The molecule has 1 amide bonds. The van der Waals surface area contributed by atoms with Crippen LogP contribution in [0.25, 0.3) is 10.9 Å². The molecule has 1 aromatic heterocycles. The molecule has 4 nitrogen and oxygen atoms in total. The van der Waals surface area contributed by atoms with Gasteiger partial charge in [0.2, 0.25) is 0 Å². The predicted molar refractivity (Wildman–Crippen MR) is 99.8 cm³/mol. The smallest absolute Gasteiger partial charge is 0.267 e. The Labute approximate surface area is 150 Å². The number of aryl methyl sites for hydroxylation is 1. The molecule has 0 spiro atoms. The summed E-state index contributed by atoms with van der Waals surface area (Å²) in [6, 6.07) is 13.9. The maximum Gasteiger partial charge on any atom is 0.272 e. The number of benzene rings is 2. The van der Waals surface area contributed by atoms with Crippen molar-refractivity contribution >= 4 is 23.0 Å². The van der Waals surface area contributed by atoms with E-state index in [1.807, 2.05) is 24.3 Å². The van der Waals surface area contributed by atoms with Crippen LogP contribution in [0.4, 0.5) is 4.39 Å². The maximum absolute atomic E-state index is 13.7. The number of aromatic nitrogens is 1. The summed E-state index contributed by atoms with van der Waals surface area (Å²) in [5.74, 6) is -0.661. The fourth-order valence-corrected chi connectivity index (χ4v) is 3.43. The molecular formula is C21H18FN3O. The van der Waals surface area contributed by atoms with Gasteiger partial charge in [0.1, 0.15) is 5.82 Å². The first-order chi connectivity index (χ1) is 12.7. The highest BCUT2D eigenvalue weighted by molar-refractivity contribution is 6.07. The van der Waals surface area contributed by atoms with Crippen molar-refractivity contribution < 1.29 is 9.18 Å². The lowest BCUT2D eigenvalue weighted by Gasteiger charge is -2.19. The molecule has 0 bridgehead atoms. The molecule has 0 fully saturated rings. The summed E-state index contributed by atoms with van der Waals surface area (Å²) in [5.41, 5.74) is 6.34. The van der Waals surface area contributed by atoms with Gasteiger partial charge in [-0.05, 0) is 43.4 Å². The summed E-state index contributed by atoms with van der Waals surface area (Å²) in [6.07, 6.45) is 5.19. The van der Waals surface area contributed by atoms with E-state index in [0.717, 1.165) is 47.8 Å². The number of amides is 1. The van der Waals surface area contributed by atoms with E-state index in [4.69, 9.17) is 4.98 Å². The summed E-state index contributed by atoms with van der Waals surface area (Å²) in [4.78, 5) is 17.6. The van der Waals surface area contributed by atoms with Crippen LogP contribution < -0.4 is 5.43 Å². The number of fused-ring (bicyclic) bond motifs is 2. The van der Waals surface area contributed by atoms with Gasteiger partial charge in [-0.1, -0.05) is 36.4 Å². The second-order valence-electron chi connectivity index (χ2n) is 6.36. The molecule has 26 heavy (non-hydrogen) atoms. The van der Waals surface area contributed by atoms with E-state index < -0.39 is 0 Å². The number of hydrazone groups is 1. The van der Waals surface area contributed by atoms with E-state index in [1.165, 1.54) is 12.3 Å². The average molecular weight is 347 g/mol. The number of halogens is 1. The molecule has 4 rings (SSSR count). The Morgan fingerprint density at radius 3 is 2.73 bits per heavy atom. The Kier molecular flexibility index (Phi) is 4.44. The Hall–Kier alpha value is -3.08. The predicted octanol–water partition coefficient (Wildman–Crippen LogP) is 4.02. The first-order valence-electron chi connectivity index (χ1n) is 8.72. The molecule has 3 aromatic rings. The number of hydrogen-bond acceptors (Lipinski definition) is 3. The molecule has 130 valence electrons. The average Bonchev–Trinajstić information content (AvgIpc) is 2.67. The van der Waals surface area contributed by atoms with Gasteiger partial charge in [0.15, 0.2) is 0 Å². The van der Waals surface area contributed by atoms with Crippen molar-refractivity contribution in [2.24, 2.45) is 5.10 Å². The number of pyridine rings is 1. The highest BCUT2D eigenvalue weighted by Crippen LogP contribution is 2.29. The molecule has 0 unspecified atom stereocenters. The van der Waals surface area contributed by atoms with Crippen LogP contribution in [0.2, 0.25) is 0 Å². The third-order valence-electron chi connectivity index (χ3n) is 4.67. The highest BCUT2D eigenvalue weighted by Gasteiger charge is 2.22. The molecule has 1 N–H and O–H groups in total. The number of carbonyl (C=O) groups is 1. The van der Waals surface area contributed by atoms with Gasteiger partial charge >= 0.3 is 0 Å². The van der Waals surface area contributed by atoms with Crippen molar-refractivity contribution in [2.45, 2.75) is 25.7 Å². The Morgan fingerprint density at radius 2 is 1.85 bits per heavy atom. The Bertz CT molecular complexity index is 1010. The normalized spacial score (nSPS) is 13.7. The van der Waals surface area contributed by atoms with E-state index in [-0.39, 0.29) is 11.7 Å². The van der Waals surface area contributed by atoms with Gasteiger partial charge in [0, 0.05) is 16.6 Å². The first kappa shape index (κ1) is 16.4. The minimum absolute atomic E-state index is 0.283. The summed E-state index contributed by atoms with van der Waals surface area (Å²) in [5, 5.41) is 4.78. The van der Waals surface area contributed by atoms with Gasteiger partial charge in [-0.15, -0.1) is 0 Å². The summed E-state index contributed by atoms with van der Waals surface area (Å²) >= 11 is 0. The van der Waals surface area contributed by atoms with Crippen LogP contribution in [0, 0.1) is 5.82 Å². The molecule has 1 heterocycles. The zero-order valence-corrected chi connectivity index (χ0v) is 14.2. The van der Waals surface area contributed by atoms with Gasteiger partial charge in [-0.3, -0.25) is 9.78 Å². The number of nitrogens with one attached hydrogen (secondary N) is 1. The van der Waals surface area contributed by atoms with Crippen molar-refractivity contribution in [1.82, 2.24) is 10.4 Å². The standard InChI is InChI=1S/C21H18FN3O/c22-17-10-4-1-7-14(17)13-23-25-21(26)20-15-8-2-5-11-18(15)24-19-12-6-3-9-16(19)20/h1-2,4-5,7-8,10-11,13H,3,6,9,12H2,(H,25,26).